The number of hydrogen-bond acceptors (Lipinski definition) is 7. The van der Waals surface area contributed by atoms with Crippen LogP contribution in [-0.4, -0.2) is 18.2 Å². The molecule has 140 valence electrons. The lowest BCUT2D eigenvalue weighted by Crippen LogP contribution is -2.16. The summed E-state index contributed by atoms with van der Waals surface area (Å²) in [4.78, 5) is 24.3. The van der Waals surface area contributed by atoms with Crippen LogP contribution in [0, 0.1) is 0 Å². The van der Waals surface area contributed by atoms with E-state index in [0.717, 1.165) is 11.3 Å². The molecule has 0 unspecified atom stereocenters. The molecule has 0 saturated heterocycles. The van der Waals surface area contributed by atoms with Crippen molar-refractivity contribution in [3.05, 3.63) is 82.3 Å². The molecular weight excluding hydrogens is 362 g/mol. The van der Waals surface area contributed by atoms with E-state index in [2.05, 4.69) is 5.16 Å². The molecule has 2 aromatic carbocycles. The predicted molar refractivity (Wildman–Crippen MR) is 100 cm³/mol. The Bertz CT molecular complexity index is 1190. The lowest BCUT2D eigenvalue weighted by molar-refractivity contribution is 0.0459. The highest BCUT2D eigenvalue weighted by Crippen LogP contribution is 2.23. The fourth-order valence-electron chi connectivity index (χ4n) is 2.69. The van der Waals surface area contributed by atoms with E-state index >= 15 is 0 Å². The molecular formula is C21H15NO6. The molecule has 2 aromatic heterocycles. The number of nitrogens with zero attached hydrogens (tertiary/aromatic N) is 1. The summed E-state index contributed by atoms with van der Waals surface area (Å²) >= 11 is 0. The first-order chi connectivity index (χ1) is 13.6. The van der Waals surface area contributed by atoms with Gasteiger partial charge in [0.1, 0.15) is 29.2 Å². The molecule has 2 heterocycles. The van der Waals surface area contributed by atoms with E-state index in [4.69, 9.17) is 18.4 Å². The molecule has 0 bridgehead atoms. The van der Waals surface area contributed by atoms with Gasteiger partial charge in [0.15, 0.2) is 5.76 Å². The number of aromatic nitrogens is 1. The summed E-state index contributed by atoms with van der Waals surface area (Å²) < 4.78 is 20.7. The topological polar surface area (TPSA) is 91.8 Å². The summed E-state index contributed by atoms with van der Waals surface area (Å²) in [7, 11) is 1.59. The Hall–Kier alpha value is -3.87. The smallest absolute Gasteiger partial charge is 0.351 e. The summed E-state index contributed by atoms with van der Waals surface area (Å²) in [5, 5.41) is 4.52. The van der Waals surface area contributed by atoms with Gasteiger partial charge in [-0.25, -0.2) is 9.59 Å². The molecule has 0 saturated carbocycles. The number of para-hydroxylation sites is 1. The normalized spacial score (nSPS) is 10.8. The van der Waals surface area contributed by atoms with Gasteiger partial charge in [-0.05, 0) is 36.4 Å². The Morgan fingerprint density at radius 1 is 1.07 bits per heavy atom. The number of fused-ring (bicyclic) bond motifs is 1. The molecule has 0 N–H and O–H groups in total. The Balaban J connectivity index is 1.47. The number of esters is 1. The minimum atomic E-state index is -0.784. The molecule has 28 heavy (non-hydrogen) atoms. The van der Waals surface area contributed by atoms with Crippen molar-refractivity contribution >= 4 is 16.9 Å². The van der Waals surface area contributed by atoms with Crippen molar-refractivity contribution in [2.24, 2.45) is 0 Å². The SMILES string of the molecule is COc1ccc(-c2cc(COC(=O)c3cc4ccccc4oc3=O)no2)cc1. The van der Waals surface area contributed by atoms with E-state index in [0.29, 0.717) is 22.4 Å². The van der Waals surface area contributed by atoms with Crippen LogP contribution in [0.15, 0.2) is 74.4 Å². The molecule has 0 aliphatic rings. The highest BCUT2D eigenvalue weighted by atomic mass is 16.5. The van der Waals surface area contributed by atoms with Crippen LogP contribution in [0.5, 0.6) is 5.75 Å². The van der Waals surface area contributed by atoms with Crippen LogP contribution in [0.1, 0.15) is 16.1 Å². The maximum atomic E-state index is 12.3. The number of benzene rings is 2. The van der Waals surface area contributed by atoms with Gasteiger partial charge in [-0.1, -0.05) is 23.4 Å². The minimum Gasteiger partial charge on any atom is -0.497 e. The molecule has 0 fully saturated rings. The minimum absolute atomic E-state index is 0.134. The lowest BCUT2D eigenvalue weighted by atomic mass is 10.1. The van der Waals surface area contributed by atoms with Crippen molar-refractivity contribution in [2.45, 2.75) is 6.61 Å². The Morgan fingerprint density at radius 3 is 2.64 bits per heavy atom. The third-order valence-corrected chi connectivity index (χ3v) is 4.15. The highest BCUT2D eigenvalue weighted by molar-refractivity contribution is 5.92. The fourth-order valence-corrected chi connectivity index (χ4v) is 2.69. The second-order valence-electron chi connectivity index (χ2n) is 5.97. The average Bonchev–Trinajstić information content (AvgIpc) is 3.20. The van der Waals surface area contributed by atoms with Crippen molar-refractivity contribution < 1.29 is 23.2 Å². The van der Waals surface area contributed by atoms with Gasteiger partial charge in [-0.3, -0.25) is 0 Å². The van der Waals surface area contributed by atoms with Gasteiger partial charge in [0.05, 0.1) is 7.11 Å². The molecule has 4 aromatic rings. The van der Waals surface area contributed by atoms with Crippen LogP contribution < -0.4 is 10.4 Å². The lowest BCUT2D eigenvalue weighted by Gasteiger charge is -2.02. The van der Waals surface area contributed by atoms with Crippen molar-refractivity contribution in [3.63, 3.8) is 0 Å². The van der Waals surface area contributed by atoms with Crippen LogP contribution >= 0.6 is 0 Å². The van der Waals surface area contributed by atoms with Crippen LogP contribution in [0.25, 0.3) is 22.3 Å². The van der Waals surface area contributed by atoms with Gasteiger partial charge in [0, 0.05) is 17.0 Å². The number of carbonyl (C=O) groups excluding carboxylic acids is 1. The predicted octanol–water partition coefficient (Wildman–Crippen LogP) is 3.81. The first kappa shape index (κ1) is 17.5. The highest BCUT2D eigenvalue weighted by Gasteiger charge is 2.16. The summed E-state index contributed by atoms with van der Waals surface area (Å²) in [6.07, 6.45) is 0. The van der Waals surface area contributed by atoms with E-state index in [1.165, 1.54) is 6.07 Å². The molecule has 0 amide bonds. The van der Waals surface area contributed by atoms with E-state index in [1.807, 2.05) is 12.1 Å². The van der Waals surface area contributed by atoms with Crippen molar-refractivity contribution in [1.82, 2.24) is 5.16 Å². The van der Waals surface area contributed by atoms with Gasteiger partial charge in [0.25, 0.3) is 0 Å². The first-order valence-corrected chi connectivity index (χ1v) is 8.44. The number of carbonyl (C=O) groups is 1. The summed E-state index contributed by atoms with van der Waals surface area (Å²) in [5.74, 6) is 0.471. The fraction of sp³-hybridized carbons (Fsp3) is 0.0952. The second kappa shape index (κ2) is 7.40. The van der Waals surface area contributed by atoms with Gasteiger partial charge < -0.3 is 18.4 Å². The molecule has 0 radical (unpaired) electrons. The Kier molecular flexibility index (Phi) is 4.63. The van der Waals surface area contributed by atoms with Gasteiger partial charge >= 0.3 is 11.6 Å². The molecule has 4 rings (SSSR count). The maximum Gasteiger partial charge on any atom is 0.351 e. The number of rotatable bonds is 5. The summed E-state index contributed by atoms with van der Waals surface area (Å²) in [6.45, 7) is -0.134. The van der Waals surface area contributed by atoms with E-state index in [1.54, 1.807) is 49.6 Å². The maximum absolute atomic E-state index is 12.3. The number of ether oxygens (including phenoxy) is 2. The standard InChI is InChI=1S/C21H15NO6/c1-25-16-8-6-13(7-9-16)19-11-15(22-28-19)12-26-20(23)17-10-14-4-2-3-5-18(14)27-21(17)24/h2-11H,12H2,1H3. The van der Waals surface area contributed by atoms with E-state index < -0.39 is 11.6 Å². The Morgan fingerprint density at radius 2 is 1.86 bits per heavy atom. The van der Waals surface area contributed by atoms with Crippen molar-refractivity contribution in [3.8, 4) is 17.1 Å². The van der Waals surface area contributed by atoms with Crippen molar-refractivity contribution in [1.29, 1.82) is 0 Å². The van der Waals surface area contributed by atoms with Crippen LogP contribution in [-0.2, 0) is 11.3 Å². The molecule has 0 aliphatic heterocycles. The average molecular weight is 377 g/mol. The summed E-state index contributed by atoms with van der Waals surface area (Å²) in [5.41, 5.74) is 0.718. The molecule has 0 atom stereocenters. The van der Waals surface area contributed by atoms with Crippen molar-refractivity contribution in [2.75, 3.05) is 7.11 Å². The molecule has 7 heteroatoms. The zero-order valence-electron chi connectivity index (χ0n) is 14.9. The van der Waals surface area contributed by atoms with Gasteiger partial charge in [-0.15, -0.1) is 0 Å². The zero-order chi connectivity index (χ0) is 19.5. The number of methoxy groups -OCH3 is 1. The van der Waals surface area contributed by atoms with Crippen LogP contribution in [0.4, 0.5) is 0 Å². The van der Waals surface area contributed by atoms with E-state index in [-0.39, 0.29) is 12.2 Å². The molecule has 0 spiro atoms. The Labute approximate surface area is 159 Å². The van der Waals surface area contributed by atoms with E-state index in [9.17, 15) is 9.59 Å². The quantitative estimate of drug-likeness (QED) is 0.386. The van der Waals surface area contributed by atoms with Crippen LogP contribution in [0.2, 0.25) is 0 Å². The number of hydrogen-bond donors (Lipinski definition) is 0. The third-order valence-electron chi connectivity index (χ3n) is 4.15. The monoisotopic (exact) mass is 377 g/mol. The first-order valence-electron chi connectivity index (χ1n) is 8.44. The summed E-state index contributed by atoms with van der Waals surface area (Å²) in [6, 6.07) is 17.3. The van der Waals surface area contributed by atoms with Crippen LogP contribution in [0.3, 0.4) is 0 Å². The van der Waals surface area contributed by atoms with Gasteiger partial charge in [0.2, 0.25) is 0 Å². The molecule has 7 nitrogen and oxygen atoms in total. The zero-order valence-corrected chi connectivity index (χ0v) is 14.9. The third kappa shape index (κ3) is 3.50. The second-order valence-corrected chi connectivity index (χ2v) is 5.97. The largest absolute Gasteiger partial charge is 0.497 e. The molecule has 0 aliphatic carbocycles. The van der Waals surface area contributed by atoms with Gasteiger partial charge in [-0.2, -0.15) is 0 Å².